The minimum atomic E-state index is 0.966. The first kappa shape index (κ1) is 5.35. The number of rotatable bonds is 0. The van der Waals surface area contributed by atoms with Crippen LogP contribution >= 0.6 is 0 Å². The molecule has 1 heterocycles. The van der Waals surface area contributed by atoms with Crippen molar-refractivity contribution in [3.05, 3.63) is 34.8 Å². The summed E-state index contributed by atoms with van der Waals surface area (Å²) in [5.41, 5.74) is 0. The Bertz CT molecular complexity index is 339. The molecule has 0 atom stereocenters. The first-order valence-corrected chi connectivity index (χ1v) is 3.02. The SMILES string of the molecule is [c]1ccc2c(c1)=C[N+]=CN=2. The molecule has 1 aromatic rings. The van der Waals surface area contributed by atoms with Crippen LogP contribution in [0.3, 0.4) is 0 Å². The van der Waals surface area contributed by atoms with Gasteiger partial charge in [0, 0.05) is 0 Å². The average molecular weight is 129 g/mol. The van der Waals surface area contributed by atoms with Crippen LogP contribution in [0.2, 0.25) is 0 Å². The minimum absolute atomic E-state index is 0.966. The average Bonchev–Trinajstić information content (AvgIpc) is 2.05. The zero-order chi connectivity index (χ0) is 6.81. The third kappa shape index (κ3) is 0.739. The van der Waals surface area contributed by atoms with Crippen LogP contribution in [0.15, 0.2) is 23.2 Å². The summed E-state index contributed by atoms with van der Waals surface area (Å²) < 4.78 is 0. The van der Waals surface area contributed by atoms with Crippen molar-refractivity contribution in [1.82, 2.24) is 4.99 Å². The van der Waals surface area contributed by atoms with E-state index in [0.29, 0.717) is 0 Å². The summed E-state index contributed by atoms with van der Waals surface area (Å²) in [6, 6.07) is 8.58. The van der Waals surface area contributed by atoms with Gasteiger partial charge in [-0.25, -0.2) is 0 Å². The third-order valence-electron chi connectivity index (χ3n) is 1.35. The van der Waals surface area contributed by atoms with Crippen molar-refractivity contribution in [3.63, 3.8) is 0 Å². The van der Waals surface area contributed by atoms with E-state index in [4.69, 9.17) is 0 Å². The van der Waals surface area contributed by atoms with Gasteiger partial charge in [-0.2, -0.15) is 0 Å². The van der Waals surface area contributed by atoms with Gasteiger partial charge in [-0.3, -0.25) is 0 Å². The van der Waals surface area contributed by atoms with Gasteiger partial charge < -0.3 is 0 Å². The topological polar surface area (TPSA) is 26.5 Å². The van der Waals surface area contributed by atoms with Crippen molar-refractivity contribution in [3.8, 4) is 0 Å². The highest BCUT2D eigenvalue weighted by molar-refractivity contribution is 5.59. The fourth-order valence-corrected chi connectivity index (χ4v) is 0.865. The molecule has 0 bridgehead atoms. The van der Waals surface area contributed by atoms with E-state index in [1.807, 2.05) is 18.2 Å². The molecule has 0 aromatic heterocycles. The highest BCUT2D eigenvalue weighted by Crippen LogP contribution is 1.70. The predicted octanol–water partition coefficient (Wildman–Crippen LogP) is -0.778. The lowest BCUT2D eigenvalue weighted by atomic mass is 10.3. The molecule has 2 nitrogen and oxygen atoms in total. The van der Waals surface area contributed by atoms with Crippen molar-refractivity contribution in [2.75, 3.05) is 0 Å². The Morgan fingerprint density at radius 3 is 3.40 bits per heavy atom. The lowest BCUT2D eigenvalue weighted by Crippen LogP contribution is -2.27. The van der Waals surface area contributed by atoms with E-state index in [1.54, 1.807) is 12.5 Å². The lowest BCUT2D eigenvalue weighted by molar-refractivity contribution is 1.28. The number of fused-ring (bicyclic) bond motifs is 1. The largest absolute Gasteiger partial charge is 0.327 e. The molecule has 2 radical (unpaired) electrons. The van der Waals surface area contributed by atoms with Gasteiger partial charge in [-0.05, 0) is 29.3 Å². The van der Waals surface area contributed by atoms with E-state index in [1.165, 1.54) is 0 Å². The Labute approximate surface area is 58.3 Å². The number of hydrogen-bond donors (Lipinski definition) is 0. The number of aliphatic imine (C=N–C) groups is 1. The highest BCUT2D eigenvalue weighted by Gasteiger charge is 1.95. The first-order chi connectivity index (χ1) is 4.97. The van der Waals surface area contributed by atoms with Gasteiger partial charge in [0.25, 0.3) is 0 Å². The third-order valence-corrected chi connectivity index (χ3v) is 1.35. The van der Waals surface area contributed by atoms with Gasteiger partial charge in [0.1, 0.15) is 0 Å². The van der Waals surface area contributed by atoms with Crippen molar-refractivity contribution in [2.45, 2.75) is 0 Å². The molecule has 0 saturated carbocycles. The molecule has 0 unspecified atom stereocenters. The Kier molecular flexibility index (Phi) is 1.10. The van der Waals surface area contributed by atoms with Gasteiger partial charge in [0.2, 0.25) is 0 Å². The predicted molar refractivity (Wildman–Crippen MR) is 38.7 cm³/mol. The fourth-order valence-electron chi connectivity index (χ4n) is 0.865. The van der Waals surface area contributed by atoms with E-state index in [-0.39, 0.29) is 0 Å². The molecule has 0 fully saturated rings. The van der Waals surface area contributed by atoms with Crippen LogP contribution in [0, 0.1) is 6.07 Å². The zero-order valence-corrected chi connectivity index (χ0v) is 5.28. The summed E-state index contributed by atoms with van der Waals surface area (Å²) >= 11 is 0. The van der Waals surface area contributed by atoms with Gasteiger partial charge in [0.05, 0.1) is 5.22 Å². The second-order valence-electron chi connectivity index (χ2n) is 2.01. The zero-order valence-electron chi connectivity index (χ0n) is 5.28. The quantitative estimate of drug-likeness (QED) is 0.439. The van der Waals surface area contributed by atoms with E-state index in [0.717, 1.165) is 10.6 Å². The smallest absolute Gasteiger partial charge is 0.0526 e. The number of hydrogen-bond acceptors (Lipinski definition) is 2. The van der Waals surface area contributed by atoms with Crippen molar-refractivity contribution >= 4 is 12.5 Å². The molecular weight excluding hydrogens is 124 g/mol. The molecule has 0 spiro atoms. The van der Waals surface area contributed by atoms with Crippen LogP contribution in [0.25, 0.3) is 6.20 Å². The van der Waals surface area contributed by atoms with Gasteiger partial charge in [-0.1, -0.05) is 4.99 Å². The maximum Gasteiger partial charge on any atom is 0.327 e. The number of nitrogens with zero attached hydrogens (tertiary/aromatic N) is 2. The van der Waals surface area contributed by atoms with Crippen LogP contribution in [-0.2, 0) is 0 Å². The molecule has 1 aromatic carbocycles. The molecule has 46 valence electrons. The van der Waals surface area contributed by atoms with Gasteiger partial charge in [0.15, 0.2) is 11.6 Å². The molecule has 0 N–H and O–H groups in total. The summed E-state index contributed by atoms with van der Waals surface area (Å²) in [6.45, 7) is 0. The summed E-state index contributed by atoms with van der Waals surface area (Å²) in [7, 11) is 0. The normalized spacial score (nSPS) is 13.2. The summed E-state index contributed by atoms with van der Waals surface area (Å²) in [6.07, 6.45) is 3.32. The molecule has 0 saturated heterocycles. The fraction of sp³-hybridized carbons (Fsp3) is 0. The van der Waals surface area contributed by atoms with E-state index >= 15 is 0 Å². The minimum Gasteiger partial charge on any atom is -0.0526 e. The molecule has 2 rings (SSSR count). The standard InChI is InChI=1S/C8H5N2/c1-2-4-8-7(3-1)5-9-6-10-8/h2-6H/q+1. The Morgan fingerprint density at radius 2 is 2.50 bits per heavy atom. The second-order valence-corrected chi connectivity index (χ2v) is 2.01. The Hall–Kier alpha value is -1.44. The second kappa shape index (κ2) is 2.06. The number of benzene rings is 1. The van der Waals surface area contributed by atoms with Gasteiger partial charge in [-0.15, -0.1) is 0 Å². The van der Waals surface area contributed by atoms with Crippen molar-refractivity contribution < 1.29 is 0 Å². The van der Waals surface area contributed by atoms with Crippen LogP contribution in [-0.4, -0.2) is 6.34 Å². The Balaban J connectivity index is 2.92. The molecule has 0 aliphatic carbocycles. The van der Waals surface area contributed by atoms with Crippen LogP contribution in [0.1, 0.15) is 0 Å². The van der Waals surface area contributed by atoms with Crippen LogP contribution in [0.5, 0.6) is 0 Å². The van der Waals surface area contributed by atoms with E-state index in [9.17, 15) is 0 Å². The molecule has 10 heavy (non-hydrogen) atoms. The maximum absolute atomic E-state index is 4.05. The molecule has 2 heteroatoms. The monoisotopic (exact) mass is 129 g/mol. The first-order valence-electron chi connectivity index (χ1n) is 3.02. The molecule has 1 aliphatic heterocycles. The van der Waals surface area contributed by atoms with Crippen molar-refractivity contribution in [1.29, 1.82) is 0 Å². The van der Waals surface area contributed by atoms with E-state index < -0.39 is 0 Å². The van der Waals surface area contributed by atoms with Crippen molar-refractivity contribution in [2.24, 2.45) is 4.99 Å². The summed E-state index contributed by atoms with van der Waals surface area (Å²) in [5.74, 6) is 0. The molecule has 1 aliphatic rings. The maximum atomic E-state index is 4.05. The lowest BCUT2D eigenvalue weighted by Gasteiger charge is -1.80. The highest BCUT2D eigenvalue weighted by atomic mass is 14.8. The summed E-state index contributed by atoms with van der Waals surface area (Å²) in [5, 5.41) is 2.00. The molecule has 0 amide bonds. The van der Waals surface area contributed by atoms with E-state index in [2.05, 4.69) is 16.1 Å². The Morgan fingerprint density at radius 1 is 1.50 bits per heavy atom. The molecular formula is C8H5N2+. The van der Waals surface area contributed by atoms with Crippen LogP contribution in [0.4, 0.5) is 0 Å². The van der Waals surface area contributed by atoms with Crippen LogP contribution < -0.4 is 15.6 Å². The van der Waals surface area contributed by atoms with Gasteiger partial charge >= 0.3 is 6.34 Å². The summed E-state index contributed by atoms with van der Waals surface area (Å²) in [4.78, 5) is 7.93.